The van der Waals surface area contributed by atoms with Crippen molar-refractivity contribution in [2.45, 2.75) is 32.7 Å². The Hall–Kier alpha value is -3.20. The third kappa shape index (κ3) is 2.89. The molecule has 2 N–H and O–H groups in total. The number of oxazole rings is 1. The maximum Gasteiger partial charge on any atom is 0.223 e. The molecule has 0 amide bonds. The Kier molecular flexibility index (Phi) is 4.13. The summed E-state index contributed by atoms with van der Waals surface area (Å²) >= 11 is 0. The minimum Gasteiger partial charge on any atom is -0.494 e. The Morgan fingerprint density at radius 3 is 2.97 bits per heavy atom. The highest BCUT2D eigenvalue weighted by molar-refractivity contribution is 5.95. The molecule has 9 nitrogen and oxygen atoms in total. The maximum absolute atomic E-state index is 6.14. The fourth-order valence-corrected chi connectivity index (χ4v) is 4.09. The van der Waals surface area contributed by atoms with E-state index < -0.39 is 0 Å². The molecule has 0 bridgehead atoms. The molecule has 0 spiro atoms. The van der Waals surface area contributed by atoms with Gasteiger partial charge in [-0.3, -0.25) is 4.90 Å². The predicted octanol–water partition coefficient (Wildman–Crippen LogP) is 2.33. The van der Waals surface area contributed by atoms with Gasteiger partial charge in [-0.05, 0) is 19.1 Å². The molecule has 0 saturated carbocycles. The SMILES string of the molecule is COc1cccc2c1nc(N)n1nc(CCN3CCc4nc(C)oc4C3C)nc21. The topological polar surface area (TPSA) is 108 Å². The lowest BCUT2D eigenvalue weighted by Gasteiger charge is -2.31. The molecule has 4 heterocycles. The average Bonchev–Trinajstić information content (AvgIpc) is 3.31. The lowest BCUT2D eigenvalue weighted by molar-refractivity contribution is 0.173. The third-order valence-electron chi connectivity index (χ3n) is 5.57. The zero-order chi connectivity index (χ0) is 20.1. The summed E-state index contributed by atoms with van der Waals surface area (Å²) in [6.45, 7) is 5.82. The van der Waals surface area contributed by atoms with Crippen LogP contribution in [0.15, 0.2) is 22.6 Å². The van der Waals surface area contributed by atoms with Crippen LogP contribution in [0.3, 0.4) is 0 Å². The van der Waals surface area contributed by atoms with Crippen molar-refractivity contribution in [2.24, 2.45) is 0 Å². The molecule has 1 aromatic carbocycles. The van der Waals surface area contributed by atoms with Gasteiger partial charge in [-0.15, -0.1) is 5.10 Å². The lowest BCUT2D eigenvalue weighted by atomic mass is 10.1. The fraction of sp³-hybridized carbons (Fsp3) is 0.400. The molecule has 0 fully saturated rings. The van der Waals surface area contributed by atoms with E-state index in [1.807, 2.05) is 25.1 Å². The van der Waals surface area contributed by atoms with Crippen molar-refractivity contribution in [2.75, 3.05) is 25.9 Å². The van der Waals surface area contributed by atoms with E-state index in [1.165, 1.54) is 0 Å². The minimum absolute atomic E-state index is 0.189. The van der Waals surface area contributed by atoms with Crippen LogP contribution in [0.2, 0.25) is 0 Å². The minimum atomic E-state index is 0.189. The second-order valence-electron chi connectivity index (χ2n) is 7.35. The van der Waals surface area contributed by atoms with Gasteiger partial charge in [0.15, 0.2) is 17.4 Å². The van der Waals surface area contributed by atoms with Gasteiger partial charge in [0.2, 0.25) is 5.95 Å². The smallest absolute Gasteiger partial charge is 0.223 e. The summed E-state index contributed by atoms with van der Waals surface area (Å²) in [6.07, 6.45) is 1.61. The second kappa shape index (κ2) is 6.70. The van der Waals surface area contributed by atoms with E-state index >= 15 is 0 Å². The number of ether oxygens (including phenoxy) is 1. The molecule has 150 valence electrons. The van der Waals surface area contributed by atoms with Crippen LogP contribution in [0.5, 0.6) is 5.75 Å². The first-order valence-corrected chi connectivity index (χ1v) is 9.73. The predicted molar refractivity (Wildman–Crippen MR) is 108 cm³/mol. The first-order valence-electron chi connectivity index (χ1n) is 9.73. The van der Waals surface area contributed by atoms with E-state index in [4.69, 9.17) is 19.9 Å². The molecular weight excluding hydrogens is 370 g/mol. The molecule has 0 radical (unpaired) electrons. The number of fused-ring (bicyclic) bond motifs is 4. The monoisotopic (exact) mass is 393 g/mol. The van der Waals surface area contributed by atoms with Crippen LogP contribution in [-0.4, -0.2) is 49.7 Å². The third-order valence-corrected chi connectivity index (χ3v) is 5.57. The Bertz CT molecular complexity index is 1210. The van der Waals surface area contributed by atoms with Gasteiger partial charge in [-0.2, -0.15) is 4.52 Å². The highest BCUT2D eigenvalue weighted by Crippen LogP contribution is 2.30. The normalized spacial score (nSPS) is 17.1. The first-order chi connectivity index (χ1) is 14.0. The van der Waals surface area contributed by atoms with E-state index in [-0.39, 0.29) is 6.04 Å². The van der Waals surface area contributed by atoms with E-state index in [0.29, 0.717) is 29.3 Å². The van der Waals surface area contributed by atoms with Crippen LogP contribution < -0.4 is 10.5 Å². The van der Waals surface area contributed by atoms with Crippen molar-refractivity contribution in [3.8, 4) is 5.75 Å². The number of para-hydroxylation sites is 1. The highest BCUT2D eigenvalue weighted by Gasteiger charge is 2.28. The number of hydrogen-bond donors (Lipinski definition) is 1. The van der Waals surface area contributed by atoms with Crippen molar-refractivity contribution in [3.05, 3.63) is 41.4 Å². The Balaban J connectivity index is 1.43. The van der Waals surface area contributed by atoms with Crippen LogP contribution >= 0.6 is 0 Å². The summed E-state index contributed by atoms with van der Waals surface area (Å²) in [4.78, 5) is 16.1. The van der Waals surface area contributed by atoms with Crippen molar-refractivity contribution >= 4 is 22.5 Å². The average molecular weight is 393 g/mol. The van der Waals surface area contributed by atoms with Gasteiger partial charge < -0.3 is 14.9 Å². The molecule has 29 heavy (non-hydrogen) atoms. The number of nitrogens with two attached hydrogens (primary N) is 1. The highest BCUT2D eigenvalue weighted by atomic mass is 16.5. The van der Waals surface area contributed by atoms with Crippen LogP contribution in [0, 0.1) is 6.92 Å². The van der Waals surface area contributed by atoms with Crippen LogP contribution in [0.1, 0.15) is 36.1 Å². The van der Waals surface area contributed by atoms with Gasteiger partial charge >= 0.3 is 0 Å². The number of aryl methyl sites for hydroxylation is 1. The lowest BCUT2D eigenvalue weighted by Crippen LogP contribution is -2.35. The summed E-state index contributed by atoms with van der Waals surface area (Å²) in [6, 6.07) is 5.92. The summed E-state index contributed by atoms with van der Waals surface area (Å²) < 4.78 is 12.8. The van der Waals surface area contributed by atoms with E-state index in [0.717, 1.165) is 48.1 Å². The number of nitrogens with zero attached hydrogens (tertiary/aromatic N) is 6. The maximum atomic E-state index is 6.14. The molecule has 9 heteroatoms. The van der Waals surface area contributed by atoms with Gasteiger partial charge in [0.05, 0.1) is 18.8 Å². The molecule has 5 rings (SSSR count). The van der Waals surface area contributed by atoms with E-state index in [9.17, 15) is 0 Å². The summed E-state index contributed by atoms with van der Waals surface area (Å²) in [7, 11) is 1.62. The summed E-state index contributed by atoms with van der Waals surface area (Å²) in [5.74, 6) is 3.41. The Morgan fingerprint density at radius 2 is 2.14 bits per heavy atom. The molecule has 1 aliphatic rings. The van der Waals surface area contributed by atoms with Crippen LogP contribution in [-0.2, 0) is 12.8 Å². The number of methoxy groups -OCH3 is 1. The Morgan fingerprint density at radius 1 is 1.28 bits per heavy atom. The van der Waals surface area contributed by atoms with E-state index in [1.54, 1.807) is 11.6 Å². The largest absolute Gasteiger partial charge is 0.494 e. The summed E-state index contributed by atoms with van der Waals surface area (Å²) in [5.41, 5.74) is 8.61. The van der Waals surface area contributed by atoms with Gasteiger partial charge in [0.25, 0.3) is 0 Å². The molecular formula is C20H23N7O2. The molecule has 1 atom stereocenters. The van der Waals surface area contributed by atoms with Crippen LogP contribution in [0.25, 0.3) is 16.6 Å². The first kappa shape index (κ1) is 17.9. The molecule has 1 unspecified atom stereocenters. The van der Waals surface area contributed by atoms with Crippen molar-refractivity contribution in [1.82, 2.24) is 29.5 Å². The second-order valence-corrected chi connectivity index (χ2v) is 7.35. The van der Waals surface area contributed by atoms with Gasteiger partial charge in [-0.25, -0.2) is 15.0 Å². The zero-order valence-electron chi connectivity index (χ0n) is 16.7. The van der Waals surface area contributed by atoms with Crippen molar-refractivity contribution < 1.29 is 9.15 Å². The van der Waals surface area contributed by atoms with Gasteiger partial charge in [-0.1, -0.05) is 6.07 Å². The molecule has 3 aromatic heterocycles. The summed E-state index contributed by atoms with van der Waals surface area (Å²) in [5, 5.41) is 5.46. The fourth-order valence-electron chi connectivity index (χ4n) is 4.09. The van der Waals surface area contributed by atoms with Crippen molar-refractivity contribution in [3.63, 3.8) is 0 Å². The Labute approximate surface area is 167 Å². The van der Waals surface area contributed by atoms with Crippen LogP contribution in [0.4, 0.5) is 5.95 Å². The van der Waals surface area contributed by atoms with Gasteiger partial charge in [0.1, 0.15) is 17.0 Å². The zero-order valence-corrected chi connectivity index (χ0v) is 16.7. The molecule has 4 aromatic rings. The number of benzene rings is 1. The quantitative estimate of drug-likeness (QED) is 0.563. The van der Waals surface area contributed by atoms with Gasteiger partial charge in [0, 0.05) is 38.2 Å². The number of nitrogen functional groups attached to an aromatic ring is 1. The standard InChI is InChI=1S/C20H23N7O2/c1-11-18-14(22-12(2)29-18)7-9-26(11)10-8-16-23-19-13-5-4-6-15(28-3)17(13)24-20(21)27(19)25-16/h4-6,11H,7-10H2,1-3H3,(H2,21,24). The number of hydrogen-bond acceptors (Lipinski definition) is 8. The molecule has 1 aliphatic heterocycles. The molecule has 0 aliphatic carbocycles. The number of rotatable bonds is 4. The number of aromatic nitrogens is 5. The van der Waals surface area contributed by atoms with E-state index in [2.05, 4.69) is 26.9 Å². The number of anilines is 1. The van der Waals surface area contributed by atoms with Crippen molar-refractivity contribution in [1.29, 1.82) is 0 Å². The molecule has 0 saturated heterocycles.